The number of hydrogen-bond acceptors (Lipinski definition) is 5. The van der Waals surface area contributed by atoms with Crippen LogP contribution in [0, 0.1) is 11.3 Å². The molecule has 1 aromatic rings. The van der Waals surface area contributed by atoms with E-state index in [-0.39, 0.29) is 6.04 Å². The summed E-state index contributed by atoms with van der Waals surface area (Å²) in [7, 11) is 0. The number of aliphatic hydroxyl groups is 1. The molecule has 5 nitrogen and oxygen atoms in total. The van der Waals surface area contributed by atoms with E-state index in [1.807, 2.05) is 6.07 Å². The molecule has 0 bridgehead atoms. The van der Waals surface area contributed by atoms with Crippen LogP contribution in [0.4, 0.5) is 5.69 Å². The summed E-state index contributed by atoms with van der Waals surface area (Å²) in [5.74, 6) is 0. The zero-order valence-electron chi connectivity index (χ0n) is 8.51. The first-order chi connectivity index (χ1) is 7.13. The molecule has 0 fully saturated rings. The number of aromatic nitrogens is 1. The van der Waals surface area contributed by atoms with Crippen molar-refractivity contribution < 1.29 is 5.11 Å². The van der Waals surface area contributed by atoms with Gasteiger partial charge in [0.15, 0.2) is 0 Å². The predicted molar refractivity (Wildman–Crippen MR) is 57.1 cm³/mol. The van der Waals surface area contributed by atoms with E-state index in [0.29, 0.717) is 12.2 Å². The lowest BCUT2D eigenvalue weighted by molar-refractivity contribution is 0.168. The molecule has 0 spiro atoms. The Morgan fingerprint density at radius 2 is 2.40 bits per heavy atom. The smallest absolute Gasteiger partial charge is 0.140 e. The van der Waals surface area contributed by atoms with Crippen LogP contribution >= 0.6 is 0 Å². The summed E-state index contributed by atoms with van der Waals surface area (Å²) >= 11 is 0. The van der Waals surface area contributed by atoms with Gasteiger partial charge in [-0.15, -0.1) is 0 Å². The second kappa shape index (κ2) is 5.29. The van der Waals surface area contributed by atoms with Crippen LogP contribution in [0.1, 0.15) is 12.6 Å². The maximum atomic E-state index is 9.16. The SMILES string of the molecule is CC(O)C(N)CNc1ccc(C#N)nc1. The zero-order chi connectivity index (χ0) is 11.3. The van der Waals surface area contributed by atoms with E-state index >= 15 is 0 Å². The van der Waals surface area contributed by atoms with Crippen molar-refractivity contribution in [1.82, 2.24) is 4.98 Å². The molecule has 2 atom stereocenters. The summed E-state index contributed by atoms with van der Waals surface area (Å²) in [4.78, 5) is 3.89. The van der Waals surface area contributed by atoms with Gasteiger partial charge < -0.3 is 16.2 Å². The van der Waals surface area contributed by atoms with Crippen LogP contribution in [0.5, 0.6) is 0 Å². The van der Waals surface area contributed by atoms with Gasteiger partial charge in [-0.1, -0.05) is 0 Å². The van der Waals surface area contributed by atoms with Crippen molar-refractivity contribution in [2.75, 3.05) is 11.9 Å². The molecular formula is C10H14N4O. The van der Waals surface area contributed by atoms with Gasteiger partial charge in [-0.25, -0.2) is 4.98 Å². The van der Waals surface area contributed by atoms with Gasteiger partial charge in [0.1, 0.15) is 11.8 Å². The molecule has 1 rings (SSSR count). The van der Waals surface area contributed by atoms with Crippen molar-refractivity contribution in [3.8, 4) is 6.07 Å². The number of pyridine rings is 1. The van der Waals surface area contributed by atoms with Crippen molar-refractivity contribution in [2.24, 2.45) is 5.73 Å². The van der Waals surface area contributed by atoms with E-state index in [2.05, 4.69) is 10.3 Å². The fraction of sp³-hybridized carbons (Fsp3) is 0.400. The number of hydrogen-bond donors (Lipinski definition) is 3. The number of nitrogens with zero attached hydrogens (tertiary/aromatic N) is 2. The molecule has 0 saturated heterocycles. The molecule has 2 unspecified atom stereocenters. The Labute approximate surface area is 88.6 Å². The number of rotatable bonds is 4. The maximum absolute atomic E-state index is 9.16. The molecule has 0 aliphatic heterocycles. The van der Waals surface area contributed by atoms with E-state index in [0.717, 1.165) is 5.69 Å². The fourth-order valence-corrected chi connectivity index (χ4v) is 0.971. The number of nitrogens with one attached hydrogen (secondary N) is 1. The van der Waals surface area contributed by atoms with E-state index in [1.165, 1.54) is 0 Å². The minimum atomic E-state index is -0.552. The van der Waals surface area contributed by atoms with Crippen molar-refractivity contribution in [1.29, 1.82) is 5.26 Å². The Morgan fingerprint density at radius 1 is 1.67 bits per heavy atom. The first-order valence-corrected chi connectivity index (χ1v) is 4.67. The van der Waals surface area contributed by atoms with Crippen LogP contribution in [0.15, 0.2) is 18.3 Å². The van der Waals surface area contributed by atoms with Gasteiger partial charge in [-0.2, -0.15) is 5.26 Å². The summed E-state index contributed by atoms with van der Waals surface area (Å²) in [5, 5.41) is 20.7. The van der Waals surface area contributed by atoms with Crippen LogP contribution in [0.25, 0.3) is 0 Å². The number of nitriles is 1. The summed E-state index contributed by atoms with van der Waals surface area (Å²) in [6.07, 6.45) is 1.01. The average molecular weight is 206 g/mol. The standard InChI is InChI=1S/C10H14N4O/c1-7(15)10(12)6-14-9-3-2-8(4-11)13-5-9/h2-3,5,7,10,14-15H,6,12H2,1H3. The van der Waals surface area contributed by atoms with Gasteiger partial charge >= 0.3 is 0 Å². The highest BCUT2D eigenvalue weighted by molar-refractivity contribution is 5.42. The minimum Gasteiger partial charge on any atom is -0.392 e. The minimum absolute atomic E-state index is 0.319. The molecule has 80 valence electrons. The van der Waals surface area contributed by atoms with Crippen LogP contribution in [-0.2, 0) is 0 Å². The predicted octanol–water partition coefficient (Wildman–Crippen LogP) is 0.0733. The first kappa shape index (κ1) is 11.4. The second-order valence-electron chi connectivity index (χ2n) is 3.33. The lowest BCUT2D eigenvalue weighted by atomic mass is 10.2. The zero-order valence-corrected chi connectivity index (χ0v) is 8.51. The Bertz CT molecular complexity index is 341. The molecule has 0 radical (unpaired) electrons. The van der Waals surface area contributed by atoms with E-state index in [1.54, 1.807) is 25.3 Å². The van der Waals surface area contributed by atoms with Gasteiger partial charge in [0.25, 0.3) is 0 Å². The molecule has 1 heterocycles. The molecular weight excluding hydrogens is 192 g/mol. The molecule has 4 N–H and O–H groups in total. The van der Waals surface area contributed by atoms with Gasteiger partial charge in [0.2, 0.25) is 0 Å². The highest BCUT2D eigenvalue weighted by Gasteiger charge is 2.08. The van der Waals surface area contributed by atoms with Gasteiger partial charge in [-0.05, 0) is 19.1 Å². The van der Waals surface area contributed by atoms with Crippen molar-refractivity contribution in [3.63, 3.8) is 0 Å². The van der Waals surface area contributed by atoms with E-state index < -0.39 is 6.10 Å². The summed E-state index contributed by atoms with van der Waals surface area (Å²) in [5.41, 5.74) is 6.79. The third-order valence-corrected chi connectivity index (χ3v) is 2.04. The fourth-order valence-electron chi connectivity index (χ4n) is 0.971. The summed E-state index contributed by atoms with van der Waals surface area (Å²) < 4.78 is 0. The van der Waals surface area contributed by atoms with E-state index in [9.17, 15) is 0 Å². The van der Waals surface area contributed by atoms with Crippen molar-refractivity contribution in [3.05, 3.63) is 24.0 Å². The topological polar surface area (TPSA) is 95.0 Å². The second-order valence-corrected chi connectivity index (χ2v) is 3.33. The summed E-state index contributed by atoms with van der Waals surface area (Å²) in [6.45, 7) is 2.11. The average Bonchev–Trinajstić information content (AvgIpc) is 2.26. The summed E-state index contributed by atoms with van der Waals surface area (Å²) in [6, 6.07) is 4.99. The van der Waals surface area contributed by atoms with Gasteiger partial charge in [0, 0.05) is 12.6 Å². The Hall–Kier alpha value is -1.64. The van der Waals surface area contributed by atoms with Crippen molar-refractivity contribution in [2.45, 2.75) is 19.1 Å². The molecule has 0 saturated carbocycles. The van der Waals surface area contributed by atoms with Crippen LogP contribution in [-0.4, -0.2) is 28.8 Å². The van der Waals surface area contributed by atoms with E-state index in [4.69, 9.17) is 16.1 Å². The lowest BCUT2D eigenvalue weighted by Gasteiger charge is -2.15. The van der Waals surface area contributed by atoms with Crippen LogP contribution in [0.2, 0.25) is 0 Å². The normalized spacial score (nSPS) is 14.0. The van der Waals surface area contributed by atoms with Gasteiger partial charge in [-0.3, -0.25) is 0 Å². The highest BCUT2D eigenvalue weighted by atomic mass is 16.3. The number of nitrogens with two attached hydrogens (primary N) is 1. The highest BCUT2D eigenvalue weighted by Crippen LogP contribution is 2.05. The molecule has 5 heteroatoms. The third-order valence-electron chi connectivity index (χ3n) is 2.04. The maximum Gasteiger partial charge on any atom is 0.140 e. The number of aliphatic hydroxyl groups excluding tert-OH is 1. The monoisotopic (exact) mass is 206 g/mol. The third kappa shape index (κ3) is 3.54. The van der Waals surface area contributed by atoms with Crippen LogP contribution in [0.3, 0.4) is 0 Å². The molecule has 15 heavy (non-hydrogen) atoms. The molecule has 0 aliphatic carbocycles. The Kier molecular flexibility index (Phi) is 4.03. The Morgan fingerprint density at radius 3 is 2.87 bits per heavy atom. The Balaban J connectivity index is 2.48. The lowest BCUT2D eigenvalue weighted by Crippen LogP contribution is -2.38. The quantitative estimate of drug-likeness (QED) is 0.648. The first-order valence-electron chi connectivity index (χ1n) is 4.67. The molecule has 0 aliphatic rings. The van der Waals surface area contributed by atoms with Crippen molar-refractivity contribution >= 4 is 5.69 Å². The largest absolute Gasteiger partial charge is 0.392 e. The van der Waals surface area contributed by atoms with Gasteiger partial charge in [0.05, 0.1) is 18.0 Å². The molecule has 1 aromatic heterocycles. The molecule has 0 amide bonds. The van der Waals surface area contributed by atoms with Crippen LogP contribution < -0.4 is 11.1 Å². The number of anilines is 1. The molecule has 0 aromatic carbocycles.